The number of nitrogens with zero attached hydrogens (tertiary/aromatic N) is 2. The minimum absolute atomic E-state index is 0.323. The molecule has 2 aromatic heterocycles. The van der Waals surface area contributed by atoms with Crippen molar-refractivity contribution < 1.29 is 0 Å². The number of hydrogen-bond acceptors (Lipinski definition) is 4. The molecule has 0 spiro atoms. The number of aromatic nitrogens is 2. The lowest BCUT2D eigenvalue weighted by atomic mass is 9.92. The van der Waals surface area contributed by atoms with Crippen LogP contribution in [0.2, 0.25) is 0 Å². The van der Waals surface area contributed by atoms with Gasteiger partial charge < -0.3 is 5.32 Å². The Balaban J connectivity index is 2.30. The van der Waals surface area contributed by atoms with Crippen LogP contribution in [0, 0.1) is 13.8 Å². The Morgan fingerprint density at radius 1 is 1.25 bits per heavy atom. The maximum Gasteiger partial charge on any atom is 0.0900 e. The second-order valence-corrected chi connectivity index (χ2v) is 6.42. The Bertz CT molecular complexity index is 536. The molecular weight excluding hydrogens is 266 g/mol. The van der Waals surface area contributed by atoms with E-state index in [1.807, 2.05) is 12.4 Å². The van der Waals surface area contributed by atoms with E-state index in [9.17, 15) is 0 Å². The summed E-state index contributed by atoms with van der Waals surface area (Å²) in [5.74, 6) is 0.406. The molecule has 0 amide bonds. The molecule has 0 aliphatic carbocycles. The second-order valence-electron chi connectivity index (χ2n) is 5.18. The van der Waals surface area contributed by atoms with Crippen molar-refractivity contribution in [2.24, 2.45) is 0 Å². The first-order valence-electron chi connectivity index (χ1n) is 7.20. The van der Waals surface area contributed by atoms with Crippen LogP contribution < -0.4 is 5.32 Å². The van der Waals surface area contributed by atoms with Gasteiger partial charge in [0, 0.05) is 23.2 Å². The number of hydrogen-bond donors (Lipinski definition) is 1. The number of pyridine rings is 1. The van der Waals surface area contributed by atoms with Gasteiger partial charge in [0.1, 0.15) is 0 Å². The summed E-state index contributed by atoms with van der Waals surface area (Å²) in [7, 11) is 0. The molecule has 0 aliphatic rings. The molecule has 3 nitrogen and oxygen atoms in total. The van der Waals surface area contributed by atoms with E-state index in [4.69, 9.17) is 0 Å². The van der Waals surface area contributed by atoms with Crippen LogP contribution >= 0.6 is 11.3 Å². The lowest BCUT2D eigenvalue weighted by Crippen LogP contribution is -2.26. The van der Waals surface area contributed by atoms with Crippen molar-refractivity contribution in [2.45, 2.75) is 46.1 Å². The molecule has 108 valence electrons. The summed E-state index contributed by atoms with van der Waals surface area (Å²) in [5.41, 5.74) is 2.47. The number of aryl methyl sites for hydroxylation is 2. The van der Waals surface area contributed by atoms with Crippen LogP contribution in [-0.4, -0.2) is 16.5 Å². The van der Waals surface area contributed by atoms with E-state index in [-0.39, 0.29) is 0 Å². The van der Waals surface area contributed by atoms with Crippen molar-refractivity contribution >= 4 is 11.3 Å². The summed E-state index contributed by atoms with van der Waals surface area (Å²) in [5, 5.41) is 4.83. The molecule has 0 radical (unpaired) electrons. The highest BCUT2D eigenvalue weighted by Gasteiger charge is 2.24. The molecule has 0 saturated heterocycles. The van der Waals surface area contributed by atoms with Crippen molar-refractivity contribution in [3.8, 4) is 0 Å². The van der Waals surface area contributed by atoms with Crippen molar-refractivity contribution in [2.75, 3.05) is 6.54 Å². The van der Waals surface area contributed by atoms with Crippen molar-refractivity contribution in [1.82, 2.24) is 15.3 Å². The maximum absolute atomic E-state index is 4.58. The zero-order chi connectivity index (χ0) is 14.5. The highest BCUT2D eigenvalue weighted by Crippen LogP contribution is 2.35. The van der Waals surface area contributed by atoms with Crippen LogP contribution in [-0.2, 0) is 0 Å². The molecule has 2 unspecified atom stereocenters. The summed E-state index contributed by atoms with van der Waals surface area (Å²) in [6.45, 7) is 9.69. The summed E-state index contributed by atoms with van der Waals surface area (Å²) < 4.78 is 0. The third-order valence-electron chi connectivity index (χ3n) is 3.57. The number of nitrogens with one attached hydrogen (secondary N) is 1. The fourth-order valence-corrected chi connectivity index (χ4v) is 3.60. The lowest BCUT2D eigenvalue weighted by Gasteiger charge is -2.25. The van der Waals surface area contributed by atoms with Gasteiger partial charge in [-0.2, -0.15) is 0 Å². The van der Waals surface area contributed by atoms with Gasteiger partial charge in [0.25, 0.3) is 0 Å². The molecule has 0 saturated carbocycles. The molecule has 2 rings (SSSR count). The minimum Gasteiger partial charge on any atom is -0.309 e. The monoisotopic (exact) mass is 289 g/mol. The van der Waals surface area contributed by atoms with E-state index in [1.165, 1.54) is 10.4 Å². The maximum atomic E-state index is 4.58. The molecule has 0 fully saturated rings. The van der Waals surface area contributed by atoms with Crippen LogP contribution in [0.3, 0.4) is 0 Å². The van der Waals surface area contributed by atoms with Gasteiger partial charge in [0.2, 0.25) is 0 Å². The van der Waals surface area contributed by atoms with E-state index in [1.54, 1.807) is 11.3 Å². The first-order valence-corrected chi connectivity index (χ1v) is 8.02. The molecule has 4 heteroatoms. The standard InChI is InChI=1S/C16H23N3S/c1-5-8-18-15(16-12(3)19-13(4)20-16)11(2)14-6-9-17-10-7-14/h6-7,9-11,15,18H,5,8H2,1-4H3. The molecule has 0 bridgehead atoms. The summed E-state index contributed by atoms with van der Waals surface area (Å²) in [6, 6.07) is 4.53. The smallest absolute Gasteiger partial charge is 0.0900 e. The fourth-order valence-electron chi connectivity index (χ4n) is 2.49. The third-order valence-corrected chi connectivity index (χ3v) is 4.72. The van der Waals surface area contributed by atoms with Crippen molar-refractivity contribution in [1.29, 1.82) is 0 Å². The highest BCUT2D eigenvalue weighted by molar-refractivity contribution is 7.11. The average molecular weight is 289 g/mol. The average Bonchev–Trinajstić information content (AvgIpc) is 2.79. The minimum atomic E-state index is 0.323. The summed E-state index contributed by atoms with van der Waals surface area (Å²) in [4.78, 5) is 10.1. The highest BCUT2D eigenvalue weighted by atomic mass is 32.1. The molecule has 2 atom stereocenters. The lowest BCUT2D eigenvalue weighted by molar-refractivity contribution is 0.470. The van der Waals surface area contributed by atoms with E-state index < -0.39 is 0 Å². The van der Waals surface area contributed by atoms with Crippen molar-refractivity contribution in [3.05, 3.63) is 45.7 Å². The Kier molecular flexibility index (Phi) is 5.26. The molecule has 1 N–H and O–H groups in total. The van der Waals surface area contributed by atoms with E-state index >= 15 is 0 Å². The first kappa shape index (κ1) is 15.1. The van der Waals surface area contributed by atoms with Crippen LogP contribution in [0.4, 0.5) is 0 Å². The normalized spacial score (nSPS) is 14.2. The van der Waals surface area contributed by atoms with Gasteiger partial charge >= 0.3 is 0 Å². The summed E-state index contributed by atoms with van der Waals surface area (Å²) >= 11 is 1.81. The second kappa shape index (κ2) is 6.95. The zero-order valence-corrected chi connectivity index (χ0v) is 13.5. The van der Waals surface area contributed by atoms with Crippen LogP contribution in [0.5, 0.6) is 0 Å². The van der Waals surface area contributed by atoms with Gasteiger partial charge in [-0.25, -0.2) is 4.98 Å². The van der Waals surface area contributed by atoms with Gasteiger partial charge in [-0.15, -0.1) is 11.3 Å². The molecule has 0 aliphatic heterocycles. The quantitative estimate of drug-likeness (QED) is 0.873. The Labute approximate surface area is 125 Å². The molecule has 2 aromatic rings. The van der Waals surface area contributed by atoms with Crippen molar-refractivity contribution in [3.63, 3.8) is 0 Å². The van der Waals surface area contributed by atoms with Gasteiger partial charge in [-0.1, -0.05) is 13.8 Å². The number of rotatable bonds is 6. The SMILES string of the molecule is CCCNC(c1sc(C)nc1C)C(C)c1ccncc1. The van der Waals surface area contributed by atoms with Crippen LogP contribution in [0.1, 0.15) is 53.4 Å². The fraction of sp³-hybridized carbons (Fsp3) is 0.500. The van der Waals surface area contributed by atoms with E-state index in [2.05, 4.69) is 55.1 Å². The molecular formula is C16H23N3S. The summed E-state index contributed by atoms with van der Waals surface area (Å²) in [6.07, 6.45) is 4.87. The Morgan fingerprint density at radius 3 is 2.50 bits per heavy atom. The predicted octanol–water partition coefficient (Wildman–Crippen LogP) is 4.00. The topological polar surface area (TPSA) is 37.8 Å². The van der Waals surface area contributed by atoms with Gasteiger partial charge in [-0.3, -0.25) is 4.98 Å². The van der Waals surface area contributed by atoms with Gasteiger partial charge in [0.15, 0.2) is 0 Å². The number of thiazole rings is 1. The molecule has 20 heavy (non-hydrogen) atoms. The van der Waals surface area contributed by atoms with E-state index in [0.717, 1.165) is 23.7 Å². The van der Waals surface area contributed by atoms with Crippen LogP contribution in [0.25, 0.3) is 0 Å². The Morgan fingerprint density at radius 2 is 1.95 bits per heavy atom. The third kappa shape index (κ3) is 3.44. The predicted molar refractivity (Wildman–Crippen MR) is 85.3 cm³/mol. The zero-order valence-electron chi connectivity index (χ0n) is 12.7. The Hall–Kier alpha value is -1.26. The van der Waals surface area contributed by atoms with Crippen LogP contribution in [0.15, 0.2) is 24.5 Å². The van der Waals surface area contributed by atoms with E-state index in [0.29, 0.717) is 12.0 Å². The van der Waals surface area contributed by atoms with Gasteiger partial charge in [-0.05, 0) is 44.5 Å². The molecule has 0 aromatic carbocycles. The van der Waals surface area contributed by atoms with Gasteiger partial charge in [0.05, 0.1) is 16.7 Å². The largest absolute Gasteiger partial charge is 0.309 e. The molecule has 2 heterocycles. The first-order chi connectivity index (χ1) is 9.63.